The van der Waals surface area contributed by atoms with E-state index in [2.05, 4.69) is 48.1 Å². The Kier molecular flexibility index (Phi) is 8.73. The Morgan fingerprint density at radius 1 is 1.14 bits per heavy atom. The number of aliphatic hydroxyl groups excluding tert-OH is 2. The highest BCUT2D eigenvalue weighted by atomic mass is 28.4. The second kappa shape index (κ2) is 9.73. The van der Waals surface area contributed by atoms with Crippen LogP contribution in [0.5, 0.6) is 0 Å². The third-order valence-corrected chi connectivity index (χ3v) is 13.1. The van der Waals surface area contributed by atoms with Crippen LogP contribution in [-0.4, -0.2) is 37.5 Å². The van der Waals surface area contributed by atoms with Crippen molar-refractivity contribution < 1.29 is 19.4 Å². The first-order valence-electron chi connectivity index (χ1n) is 10.7. The van der Waals surface area contributed by atoms with Gasteiger partial charge in [0.1, 0.15) is 0 Å². The first-order chi connectivity index (χ1) is 12.9. The smallest absolute Gasteiger partial charge is 0.203 e. The van der Waals surface area contributed by atoms with E-state index in [9.17, 15) is 15.0 Å². The van der Waals surface area contributed by atoms with Crippen molar-refractivity contribution in [3.8, 4) is 0 Å². The van der Waals surface area contributed by atoms with Gasteiger partial charge < -0.3 is 14.6 Å². The minimum atomic E-state index is -1.99. The summed E-state index contributed by atoms with van der Waals surface area (Å²) in [5.74, 6) is -0.773. The summed E-state index contributed by atoms with van der Waals surface area (Å²) in [4.78, 5) is 12.9. The molecule has 2 N–H and O–H groups in total. The molecule has 0 aliphatic heterocycles. The normalized spacial score (nSPS) is 24.7. The average Bonchev–Trinajstić information content (AvgIpc) is 2.78. The van der Waals surface area contributed by atoms with Gasteiger partial charge in [0.05, 0.1) is 0 Å². The number of rotatable bonds is 11. The molecule has 0 amide bonds. The van der Waals surface area contributed by atoms with Gasteiger partial charge in [-0.05, 0) is 41.0 Å². The second-order valence-electron chi connectivity index (χ2n) is 9.63. The quantitative estimate of drug-likeness (QED) is 0.334. The predicted octanol–water partition coefficient (Wildman–Crippen LogP) is 5.79. The van der Waals surface area contributed by atoms with Gasteiger partial charge in [-0.2, -0.15) is 0 Å². The molecule has 0 saturated carbocycles. The van der Waals surface area contributed by atoms with Gasteiger partial charge in [0, 0.05) is 24.5 Å². The van der Waals surface area contributed by atoms with E-state index >= 15 is 0 Å². The predicted molar refractivity (Wildman–Crippen MR) is 119 cm³/mol. The van der Waals surface area contributed by atoms with Crippen LogP contribution in [0.15, 0.2) is 24.0 Å². The zero-order chi connectivity index (χ0) is 21.9. The van der Waals surface area contributed by atoms with Crippen LogP contribution in [0.25, 0.3) is 0 Å². The van der Waals surface area contributed by atoms with Crippen LogP contribution in [0.3, 0.4) is 0 Å². The molecule has 0 saturated heterocycles. The van der Waals surface area contributed by atoms with Crippen LogP contribution in [0.4, 0.5) is 0 Å². The third-order valence-electron chi connectivity index (χ3n) is 6.99. The molecule has 0 unspecified atom stereocenters. The maximum atomic E-state index is 12.9. The molecule has 0 aromatic heterocycles. The topological polar surface area (TPSA) is 66.8 Å². The number of allylic oxidation sites excluding steroid dienone is 2. The molecule has 1 rings (SSSR count). The minimum Gasteiger partial charge on any atom is -0.504 e. The lowest BCUT2D eigenvalue weighted by atomic mass is 9.70. The Balaban J connectivity index is 3.17. The fraction of sp³-hybridized carbons (Fsp3) is 0.783. The molecule has 162 valence electrons. The van der Waals surface area contributed by atoms with Gasteiger partial charge in [-0.15, -0.1) is 6.58 Å². The summed E-state index contributed by atoms with van der Waals surface area (Å²) in [6, 6.07) is 0. The molecule has 0 bridgehead atoms. The van der Waals surface area contributed by atoms with Crippen molar-refractivity contribution >= 4 is 14.1 Å². The standard InChI is InChI=1S/C23H42O4Si/c1-10-12-23(9)19(20(18(8)14-24)21(25)22(23)26)11-13-27-28(15(2)3,16(4)5)17(6)7/h10,15-19,24-25H,1,11-14H2,2-9H3/t18-,19-,23+/m1/s1. The number of Topliss-reactive ketones (excluding diaryl/α,β-unsaturated/α-hetero) is 1. The summed E-state index contributed by atoms with van der Waals surface area (Å²) in [6.45, 7) is 21.6. The van der Waals surface area contributed by atoms with Gasteiger partial charge in [0.15, 0.2) is 14.1 Å². The number of ketones is 1. The first-order valence-corrected chi connectivity index (χ1v) is 12.9. The van der Waals surface area contributed by atoms with Crippen LogP contribution >= 0.6 is 0 Å². The Morgan fingerprint density at radius 2 is 1.64 bits per heavy atom. The molecule has 0 radical (unpaired) electrons. The van der Waals surface area contributed by atoms with Crippen LogP contribution in [0.2, 0.25) is 16.6 Å². The monoisotopic (exact) mass is 410 g/mol. The lowest BCUT2D eigenvalue weighted by Crippen LogP contribution is -2.48. The molecule has 0 heterocycles. The Morgan fingerprint density at radius 3 is 2.04 bits per heavy atom. The second-order valence-corrected chi connectivity index (χ2v) is 15.1. The van der Waals surface area contributed by atoms with E-state index in [1.165, 1.54) is 0 Å². The number of carbonyl (C=O) groups excluding carboxylic acids is 1. The first kappa shape index (κ1) is 25.1. The van der Waals surface area contributed by atoms with Crippen molar-refractivity contribution in [3.63, 3.8) is 0 Å². The highest BCUT2D eigenvalue weighted by molar-refractivity contribution is 6.77. The summed E-state index contributed by atoms with van der Waals surface area (Å²) in [7, 11) is -1.99. The molecule has 4 nitrogen and oxygen atoms in total. The van der Waals surface area contributed by atoms with E-state index in [0.717, 1.165) is 0 Å². The fourth-order valence-electron chi connectivity index (χ4n) is 5.61. The van der Waals surface area contributed by atoms with Gasteiger partial charge in [-0.25, -0.2) is 0 Å². The molecule has 1 aliphatic carbocycles. The van der Waals surface area contributed by atoms with Gasteiger partial charge in [0.25, 0.3) is 0 Å². The van der Waals surface area contributed by atoms with Crippen LogP contribution in [0, 0.1) is 17.3 Å². The molecule has 0 fully saturated rings. The molecule has 0 aromatic rings. The lowest BCUT2D eigenvalue weighted by molar-refractivity contribution is -0.126. The highest BCUT2D eigenvalue weighted by Gasteiger charge is 2.52. The van der Waals surface area contributed by atoms with Crippen LogP contribution in [0.1, 0.15) is 68.2 Å². The number of hydrogen-bond acceptors (Lipinski definition) is 4. The molecule has 28 heavy (non-hydrogen) atoms. The average molecular weight is 411 g/mol. The highest BCUT2D eigenvalue weighted by Crippen LogP contribution is 2.50. The van der Waals surface area contributed by atoms with Crippen molar-refractivity contribution in [1.82, 2.24) is 0 Å². The van der Waals surface area contributed by atoms with Crippen molar-refractivity contribution in [2.75, 3.05) is 13.2 Å². The summed E-state index contributed by atoms with van der Waals surface area (Å²) in [6.07, 6.45) is 2.92. The molecule has 3 atom stereocenters. The van der Waals surface area contributed by atoms with Crippen molar-refractivity contribution in [3.05, 3.63) is 24.0 Å². The Labute approximate surface area is 173 Å². The SMILES string of the molecule is C=CC[C@]1(C)C(=O)C(O)=C([C@H](C)CO)[C@H]1CCO[Si](C(C)C)(C(C)C)C(C)C. The fourth-order valence-corrected chi connectivity index (χ4v) is 11.1. The Hall–Kier alpha value is -0.913. The molecule has 0 aromatic carbocycles. The summed E-state index contributed by atoms with van der Waals surface area (Å²) >= 11 is 0. The maximum Gasteiger partial charge on any atom is 0.203 e. The zero-order valence-electron chi connectivity index (χ0n) is 19.2. The zero-order valence-corrected chi connectivity index (χ0v) is 20.2. The van der Waals surface area contributed by atoms with E-state index in [-0.39, 0.29) is 30.0 Å². The molecular formula is C23H42O4Si. The molecular weight excluding hydrogens is 368 g/mol. The van der Waals surface area contributed by atoms with Crippen molar-refractivity contribution in [2.45, 2.75) is 84.9 Å². The van der Waals surface area contributed by atoms with Crippen molar-refractivity contribution in [1.29, 1.82) is 0 Å². The lowest BCUT2D eigenvalue weighted by Gasteiger charge is -2.43. The van der Waals surface area contributed by atoms with E-state index < -0.39 is 13.7 Å². The number of carbonyl (C=O) groups is 1. The van der Waals surface area contributed by atoms with E-state index in [1.54, 1.807) is 6.08 Å². The maximum absolute atomic E-state index is 12.9. The third kappa shape index (κ3) is 4.31. The minimum absolute atomic E-state index is 0.0864. The van der Waals surface area contributed by atoms with Crippen LogP contribution in [-0.2, 0) is 9.22 Å². The van der Waals surface area contributed by atoms with Crippen molar-refractivity contribution in [2.24, 2.45) is 17.3 Å². The van der Waals surface area contributed by atoms with Gasteiger partial charge >= 0.3 is 0 Å². The van der Waals surface area contributed by atoms with Gasteiger partial charge in [0.2, 0.25) is 5.78 Å². The van der Waals surface area contributed by atoms with Gasteiger partial charge in [-0.1, -0.05) is 61.5 Å². The number of aliphatic hydroxyl groups is 2. The molecule has 1 aliphatic rings. The van der Waals surface area contributed by atoms with E-state index in [1.807, 2.05) is 13.8 Å². The summed E-state index contributed by atoms with van der Waals surface area (Å²) in [5.41, 5.74) is 1.46. The number of hydrogen-bond donors (Lipinski definition) is 2. The summed E-state index contributed by atoms with van der Waals surface area (Å²) < 4.78 is 6.71. The largest absolute Gasteiger partial charge is 0.504 e. The van der Waals surface area contributed by atoms with E-state index in [4.69, 9.17) is 4.43 Å². The van der Waals surface area contributed by atoms with Crippen LogP contribution < -0.4 is 0 Å². The Bertz CT molecular complexity index is 572. The summed E-state index contributed by atoms with van der Waals surface area (Å²) in [5, 5.41) is 20.3. The molecule has 0 spiro atoms. The molecule has 5 heteroatoms. The van der Waals surface area contributed by atoms with Gasteiger partial charge in [-0.3, -0.25) is 4.79 Å². The van der Waals surface area contributed by atoms with E-state index in [0.29, 0.717) is 41.6 Å².